The van der Waals surface area contributed by atoms with Gasteiger partial charge in [-0.25, -0.2) is 10.2 Å². The third kappa shape index (κ3) is 6.58. The Balaban J connectivity index is 1.52. The summed E-state index contributed by atoms with van der Waals surface area (Å²) in [6.07, 6.45) is 1.46. The molecule has 4 aromatic carbocycles. The molecule has 0 atom stereocenters. The normalized spacial score (nSPS) is 11.1. The Hall–Kier alpha value is -4.85. The highest BCUT2D eigenvalue weighted by Gasteiger charge is 2.16. The van der Waals surface area contributed by atoms with Crippen LogP contribution in [0, 0.1) is 6.92 Å². The van der Waals surface area contributed by atoms with Crippen LogP contribution in [0.4, 0.5) is 0 Å². The van der Waals surface area contributed by atoms with E-state index in [-0.39, 0.29) is 23.8 Å². The van der Waals surface area contributed by atoms with Crippen LogP contribution in [0.5, 0.6) is 23.0 Å². The Labute approximate surface area is 233 Å². The molecule has 1 amide bonds. The number of methoxy groups -OCH3 is 2. The first-order valence-electron chi connectivity index (χ1n) is 12.8. The van der Waals surface area contributed by atoms with Crippen molar-refractivity contribution in [2.45, 2.75) is 26.7 Å². The van der Waals surface area contributed by atoms with E-state index in [1.54, 1.807) is 24.3 Å². The summed E-state index contributed by atoms with van der Waals surface area (Å²) >= 11 is 0. The Morgan fingerprint density at radius 1 is 0.875 bits per heavy atom. The zero-order valence-electron chi connectivity index (χ0n) is 23.2. The molecular weight excluding hydrogens is 508 g/mol. The van der Waals surface area contributed by atoms with E-state index in [2.05, 4.69) is 24.4 Å². The van der Waals surface area contributed by atoms with Crippen molar-refractivity contribution in [3.05, 3.63) is 95.1 Å². The number of hydrogen-bond donors (Lipinski definition) is 1. The predicted octanol–water partition coefficient (Wildman–Crippen LogP) is 6.04. The van der Waals surface area contributed by atoms with Gasteiger partial charge in [0.25, 0.3) is 5.91 Å². The number of benzene rings is 4. The van der Waals surface area contributed by atoms with Crippen LogP contribution in [0.25, 0.3) is 10.8 Å². The summed E-state index contributed by atoms with van der Waals surface area (Å²) in [6, 6.07) is 21.9. The van der Waals surface area contributed by atoms with Crippen LogP contribution in [0.15, 0.2) is 77.9 Å². The minimum atomic E-state index is -0.581. The molecule has 0 fully saturated rings. The maximum Gasteiger partial charge on any atom is 0.343 e. The fourth-order valence-corrected chi connectivity index (χ4v) is 4.21. The maximum atomic E-state index is 13.0. The van der Waals surface area contributed by atoms with E-state index >= 15 is 0 Å². The van der Waals surface area contributed by atoms with Crippen molar-refractivity contribution in [1.29, 1.82) is 0 Å². The van der Waals surface area contributed by atoms with Crippen LogP contribution in [0.1, 0.15) is 46.8 Å². The summed E-state index contributed by atoms with van der Waals surface area (Å²) in [4.78, 5) is 25.6. The Bertz CT molecular complexity index is 1560. The number of fused-ring (bicyclic) bond motifs is 1. The number of amides is 1. The Morgan fingerprint density at radius 2 is 1.62 bits per heavy atom. The number of ether oxygens (including phenoxy) is 4. The van der Waals surface area contributed by atoms with Crippen molar-refractivity contribution in [1.82, 2.24) is 5.43 Å². The van der Waals surface area contributed by atoms with Gasteiger partial charge in [0.05, 0.1) is 26.0 Å². The Morgan fingerprint density at radius 3 is 2.38 bits per heavy atom. The molecule has 0 heterocycles. The van der Waals surface area contributed by atoms with Crippen LogP contribution in [-0.2, 0) is 4.79 Å². The molecule has 0 unspecified atom stereocenters. The minimum absolute atomic E-state index is 0.197. The molecule has 8 nitrogen and oxygen atoms in total. The second kappa shape index (κ2) is 12.8. The lowest BCUT2D eigenvalue weighted by atomic mass is 10.0. The van der Waals surface area contributed by atoms with Gasteiger partial charge >= 0.3 is 5.97 Å². The van der Waals surface area contributed by atoms with E-state index < -0.39 is 11.9 Å². The van der Waals surface area contributed by atoms with E-state index in [9.17, 15) is 9.59 Å². The van der Waals surface area contributed by atoms with E-state index in [1.807, 2.05) is 55.5 Å². The number of nitrogens with zero attached hydrogens (tertiary/aromatic N) is 1. The maximum absolute atomic E-state index is 13.0. The van der Waals surface area contributed by atoms with Crippen molar-refractivity contribution in [3.63, 3.8) is 0 Å². The quantitative estimate of drug-likeness (QED) is 0.114. The van der Waals surface area contributed by atoms with Gasteiger partial charge < -0.3 is 18.9 Å². The molecule has 40 heavy (non-hydrogen) atoms. The number of aryl methyl sites for hydroxylation is 1. The number of hydrazone groups is 1. The highest BCUT2D eigenvalue weighted by Crippen LogP contribution is 2.31. The smallest absolute Gasteiger partial charge is 0.343 e. The molecule has 0 aliphatic heterocycles. The fraction of sp³-hybridized carbons (Fsp3) is 0.219. The predicted molar refractivity (Wildman–Crippen MR) is 155 cm³/mol. The van der Waals surface area contributed by atoms with Crippen LogP contribution in [0.3, 0.4) is 0 Å². The first-order valence-corrected chi connectivity index (χ1v) is 12.8. The second-order valence-corrected chi connectivity index (χ2v) is 9.44. The molecular formula is C32H32N2O6. The fourth-order valence-electron chi connectivity index (χ4n) is 4.21. The third-order valence-corrected chi connectivity index (χ3v) is 6.29. The van der Waals surface area contributed by atoms with E-state index in [4.69, 9.17) is 18.9 Å². The number of esters is 1. The monoisotopic (exact) mass is 540 g/mol. The molecule has 0 spiro atoms. The minimum Gasteiger partial charge on any atom is -0.493 e. The SMILES string of the molecule is COc1ccc(C(=O)Oc2ccc3ccccc3c2/C=N\NC(=O)COc2cc(C)ccc2C(C)C)cc1OC. The molecule has 0 aliphatic rings. The molecule has 0 radical (unpaired) electrons. The number of carbonyl (C=O) groups excluding carboxylic acids is 2. The summed E-state index contributed by atoms with van der Waals surface area (Å²) in [5.74, 6) is 1.12. The summed E-state index contributed by atoms with van der Waals surface area (Å²) in [6.45, 7) is 5.92. The van der Waals surface area contributed by atoms with E-state index in [1.165, 1.54) is 20.4 Å². The van der Waals surface area contributed by atoms with E-state index in [0.717, 1.165) is 21.9 Å². The van der Waals surface area contributed by atoms with Crippen molar-refractivity contribution in [3.8, 4) is 23.0 Å². The third-order valence-electron chi connectivity index (χ3n) is 6.29. The highest BCUT2D eigenvalue weighted by molar-refractivity contribution is 6.04. The highest BCUT2D eigenvalue weighted by atomic mass is 16.5. The first-order chi connectivity index (χ1) is 19.3. The Kier molecular flexibility index (Phi) is 9.01. The molecule has 206 valence electrons. The van der Waals surface area contributed by atoms with Gasteiger partial charge in [0.2, 0.25) is 0 Å². The molecule has 0 saturated heterocycles. The molecule has 1 N–H and O–H groups in total. The summed E-state index contributed by atoms with van der Waals surface area (Å²) < 4.78 is 22.1. The van der Waals surface area contributed by atoms with Crippen LogP contribution in [-0.4, -0.2) is 38.9 Å². The number of rotatable bonds is 10. The van der Waals surface area contributed by atoms with Crippen LogP contribution < -0.4 is 24.4 Å². The van der Waals surface area contributed by atoms with Crippen molar-refractivity contribution < 1.29 is 28.5 Å². The molecule has 0 bridgehead atoms. The summed E-state index contributed by atoms with van der Waals surface area (Å²) in [5, 5.41) is 5.86. The van der Waals surface area contributed by atoms with Gasteiger partial charge in [-0.1, -0.05) is 56.3 Å². The number of carbonyl (C=O) groups is 2. The largest absolute Gasteiger partial charge is 0.493 e. The zero-order valence-corrected chi connectivity index (χ0v) is 23.2. The topological polar surface area (TPSA) is 95.5 Å². The molecule has 4 aromatic rings. The van der Waals surface area contributed by atoms with Gasteiger partial charge in [-0.2, -0.15) is 5.10 Å². The lowest BCUT2D eigenvalue weighted by Crippen LogP contribution is -2.25. The first kappa shape index (κ1) is 28.2. The summed E-state index contributed by atoms with van der Waals surface area (Å²) in [7, 11) is 3.02. The van der Waals surface area contributed by atoms with Gasteiger partial charge in [-0.05, 0) is 65.1 Å². The molecule has 4 rings (SSSR count). The van der Waals surface area contributed by atoms with Gasteiger partial charge in [0.15, 0.2) is 18.1 Å². The second-order valence-electron chi connectivity index (χ2n) is 9.44. The molecule has 8 heteroatoms. The lowest BCUT2D eigenvalue weighted by molar-refractivity contribution is -0.123. The summed E-state index contributed by atoms with van der Waals surface area (Å²) in [5.41, 5.74) is 5.40. The van der Waals surface area contributed by atoms with Gasteiger partial charge in [0, 0.05) is 5.56 Å². The van der Waals surface area contributed by atoms with Gasteiger partial charge in [-0.15, -0.1) is 0 Å². The standard InChI is InChI=1S/C32H32N2O6/c1-20(2)24-13-10-21(3)16-29(24)39-19-31(35)34-33-18-26-25-9-7-6-8-22(25)11-14-27(26)40-32(36)23-12-15-28(37-4)30(17-23)38-5/h6-18,20H,19H2,1-5H3,(H,34,35)/b33-18-. The molecule has 0 aromatic heterocycles. The van der Waals surface area contributed by atoms with Crippen molar-refractivity contribution in [2.24, 2.45) is 5.10 Å². The van der Waals surface area contributed by atoms with Crippen LogP contribution >= 0.6 is 0 Å². The van der Waals surface area contributed by atoms with Gasteiger partial charge in [-0.3, -0.25) is 4.79 Å². The molecule has 0 aliphatic carbocycles. The van der Waals surface area contributed by atoms with Crippen molar-refractivity contribution >= 4 is 28.9 Å². The lowest BCUT2D eigenvalue weighted by Gasteiger charge is -2.14. The average Bonchev–Trinajstić information content (AvgIpc) is 2.96. The number of nitrogens with one attached hydrogen (secondary N) is 1. The van der Waals surface area contributed by atoms with Gasteiger partial charge in [0.1, 0.15) is 11.5 Å². The van der Waals surface area contributed by atoms with Crippen molar-refractivity contribution in [2.75, 3.05) is 20.8 Å². The van der Waals surface area contributed by atoms with E-state index in [0.29, 0.717) is 22.8 Å². The number of hydrogen-bond acceptors (Lipinski definition) is 7. The molecule has 0 saturated carbocycles. The van der Waals surface area contributed by atoms with Crippen LogP contribution in [0.2, 0.25) is 0 Å². The average molecular weight is 541 g/mol. The zero-order chi connectivity index (χ0) is 28.6.